The molecule has 0 aliphatic carbocycles. The second kappa shape index (κ2) is 12.7. The fourth-order valence-corrected chi connectivity index (χ4v) is 4.22. The maximum Gasteiger partial charge on any atom is 0.416 e. The number of rotatable bonds is 10. The Morgan fingerprint density at radius 3 is 1.64 bits per heavy atom. The van der Waals surface area contributed by atoms with Gasteiger partial charge in [-0.2, -0.15) is 26.3 Å². The summed E-state index contributed by atoms with van der Waals surface area (Å²) in [6.07, 6.45) is -12.9. The molecule has 0 heterocycles. The maximum atomic E-state index is 14.1. The van der Waals surface area contributed by atoms with E-state index in [1.807, 2.05) is 0 Å². The van der Waals surface area contributed by atoms with E-state index in [9.17, 15) is 31.1 Å². The van der Waals surface area contributed by atoms with E-state index in [4.69, 9.17) is 9.47 Å². The fraction of sp³-hybridized carbons (Fsp3) is 0.367. The monoisotopic (exact) mass is 552 g/mol. The first-order valence-corrected chi connectivity index (χ1v) is 12.5. The summed E-state index contributed by atoms with van der Waals surface area (Å²) in [6, 6.07) is 17.8. The van der Waals surface area contributed by atoms with Gasteiger partial charge in [0.15, 0.2) is 6.10 Å². The van der Waals surface area contributed by atoms with Crippen LogP contribution in [0.1, 0.15) is 60.8 Å². The van der Waals surface area contributed by atoms with Gasteiger partial charge in [0, 0.05) is 12.2 Å². The molecule has 3 aromatic carbocycles. The van der Waals surface area contributed by atoms with Crippen LogP contribution in [0.15, 0.2) is 78.9 Å². The van der Waals surface area contributed by atoms with Crippen molar-refractivity contribution in [2.75, 3.05) is 6.61 Å². The second-order valence-corrected chi connectivity index (χ2v) is 9.77. The van der Waals surface area contributed by atoms with E-state index in [2.05, 4.69) is 0 Å². The van der Waals surface area contributed by atoms with Crippen molar-refractivity contribution in [1.29, 1.82) is 0 Å². The van der Waals surface area contributed by atoms with Crippen molar-refractivity contribution in [2.45, 2.75) is 51.8 Å². The first kappa shape index (κ1) is 30.2. The average molecular weight is 553 g/mol. The summed E-state index contributed by atoms with van der Waals surface area (Å²) in [5, 5.41) is 0. The largest absolute Gasteiger partial charge is 0.454 e. The van der Waals surface area contributed by atoms with Gasteiger partial charge >= 0.3 is 18.3 Å². The zero-order valence-corrected chi connectivity index (χ0v) is 21.7. The number of alkyl halides is 6. The summed E-state index contributed by atoms with van der Waals surface area (Å²) >= 11 is 0. The SMILES string of the molecule is CC(C)CO[C@@H](c1ccccc1C(F)(F)F)[C@H](OC(=O)C(C)Cc1ccccc1)c1ccccc1C(F)(F)F. The Kier molecular flexibility index (Phi) is 9.83. The normalized spacial score (nSPS) is 14.6. The standard InChI is InChI=1S/C30H30F6O3/c1-19(2)18-38-26(22-13-7-9-15-24(22)29(31,32)33)27(23-14-8-10-16-25(23)30(34,35)36)39-28(37)20(3)17-21-11-5-4-6-12-21/h4-16,19-20,26-27H,17-18H2,1-3H3/t20?,26-,27+/m0/s1. The van der Waals surface area contributed by atoms with E-state index >= 15 is 0 Å². The molecule has 3 atom stereocenters. The van der Waals surface area contributed by atoms with Gasteiger partial charge < -0.3 is 9.47 Å². The third kappa shape index (κ3) is 8.08. The zero-order chi connectivity index (χ0) is 28.8. The Morgan fingerprint density at radius 2 is 1.15 bits per heavy atom. The van der Waals surface area contributed by atoms with Crippen LogP contribution in [0.3, 0.4) is 0 Å². The van der Waals surface area contributed by atoms with Crippen molar-refractivity contribution < 1.29 is 40.6 Å². The number of ether oxygens (including phenoxy) is 2. The van der Waals surface area contributed by atoms with Crippen LogP contribution >= 0.6 is 0 Å². The lowest BCUT2D eigenvalue weighted by atomic mass is 9.91. The molecule has 0 aliphatic heterocycles. The molecular weight excluding hydrogens is 522 g/mol. The lowest BCUT2D eigenvalue weighted by molar-refractivity contribution is -0.168. The average Bonchev–Trinajstić information content (AvgIpc) is 2.87. The maximum absolute atomic E-state index is 14.1. The van der Waals surface area contributed by atoms with E-state index in [-0.39, 0.29) is 18.9 Å². The van der Waals surface area contributed by atoms with Crippen LogP contribution in [0.2, 0.25) is 0 Å². The van der Waals surface area contributed by atoms with E-state index in [0.717, 1.165) is 35.9 Å². The molecule has 39 heavy (non-hydrogen) atoms. The van der Waals surface area contributed by atoms with Gasteiger partial charge in [-0.3, -0.25) is 4.79 Å². The van der Waals surface area contributed by atoms with Gasteiger partial charge in [0.25, 0.3) is 0 Å². The third-order valence-electron chi connectivity index (χ3n) is 6.06. The summed E-state index contributed by atoms with van der Waals surface area (Å²) in [5.74, 6) is -1.82. The highest BCUT2D eigenvalue weighted by molar-refractivity contribution is 5.73. The summed E-state index contributed by atoms with van der Waals surface area (Å²) in [5.41, 5.74) is -2.32. The van der Waals surface area contributed by atoms with E-state index in [1.165, 1.54) is 18.2 Å². The van der Waals surface area contributed by atoms with Gasteiger partial charge in [-0.25, -0.2) is 0 Å². The van der Waals surface area contributed by atoms with Crippen LogP contribution in [0.25, 0.3) is 0 Å². The Balaban J connectivity index is 2.15. The molecule has 0 N–H and O–H groups in total. The first-order valence-electron chi connectivity index (χ1n) is 12.5. The highest BCUT2D eigenvalue weighted by Crippen LogP contribution is 2.45. The van der Waals surface area contributed by atoms with Crippen LogP contribution in [0.5, 0.6) is 0 Å². The predicted molar refractivity (Wildman–Crippen MR) is 135 cm³/mol. The lowest BCUT2D eigenvalue weighted by Crippen LogP contribution is -2.28. The van der Waals surface area contributed by atoms with Crippen molar-refractivity contribution in [2.24, 2.45) is 11.8 Å². The van der Waals surface area contributed by atoms with Crippen LogP contribution in [0.4, 0.5) is 26.3 Å². The van der Waals surface area contributed by atoms with E-state index in [1.54, 1.807) is 51.1 Å². The molecule has 9 heteroatoms. The van der Waals surface area contributed by atoms with Gasteiger partial charge in [-0.1, -0.05) is 87.5 Å². The number of halogens is 6. The minimum absolute atomic E-state index is 0.0847. The molecule has 0 bridgehead atoms. The van der Waals surface area contributed by atoms with Crippen molar-refractivity contribution in [1.82, 2.24) is 0 Å². The minimum atomic E-state index is -4.86. The van der Waals surface area contributed by atoms with E-state index in [0.29, 0.717) is 0 Å². The molecule has 0 radical (unpaired) electrons. The molecule has 210 valence electrons. The zero-order valence-electron chi connectivity index (χ0n) is 21.7. The molecule has 0 saturated heterocycles. The van der Waals surface area contributed by atoms with Gasteiger partial charge in [0.2, 0.25) is 0 Å². The van der Waals surface area contributed by atoms with Crippen molar-refractivity contribution in [3.05, 3.63) is 107 Å². The Morgan fingerprint density at radius 1 is 0.692 bits per heavy atom. The lowest BCUT2D eigenvalue weighted by Gasteiger charge is -2.32. The molecule has 3 nitrogen and oxygen atoms in total. The smallest absolute Gasteiger partial charge is 0.416 e. The van der Waals surface area contributed by atoms with E-state index < -0.39 is 58.7 Å². The molecule has 0 aliphatic rings. The highest BCUT2D eigenvalue weighted by atomic mass is 19.4. The van der Waals surface area contributed by atoms with Gasteiger partial charge in [0.1, 0.15) is 6.10 Å². The number of carbonyl (C=O) groups is 1. The third-order valence-corrected chi connectivity index (χ3v) is 6.06. The molecule has 3 aromatic rings. The summed E-state index contributed by atoms with van der Waals surface area (Å²) in [7, 11) is 0. The predicted octanol–water partition coefficient (Wildman–Crippen LogP) is 8.60. The summed E-state index contributed by atoms with van der Waals surface area (Å²) in [4.78, 5) is 13.3. The van der Waals surface area contributed by atoms with Crippen LogP contribution < -0.4 is 0 Å². The molecular formula is C30H30F6O3. The van der Waals surface area contributed by atoms with Crippen LogP contribution in [0, 0.1) is 11.8 Å². The molecule has 0 saturated carbocycles. The first-order chi connectivity index (χ1) is 18.3. The van der Waals surface area contributed by atoms with Gasteiger partial charge in [-0.15, -0.1) is 0 Å². The quantitative estimate of drug-likeness (QED) is 0.187. The van der Waals surface area contributed by atoms with Crippen LogP contribution in [-0.2, 0) is 33.0 Å². The highest BCUT2D eigenvalue weighted by Gasteiger charge is 2.43. The molecule has 1 unspecified atom stereocenters. The molecule has 0 spiro atoms. The summed E-state index contributed by atoms with van der Waals surface area (Å²) in [6.45, 7) is 4.97. The summed E-state index contributed by atoms with van der Waals surface area (Å²) < 4.78 is 95.9. The molecule has 0 amide bonds. The molecule has 0 aromatic heterocycles. The minimum Gasteiger partial charge on any atom is -0.454 e. The molecule has 0 fully saturated rings. The Hall–Kier alpha value is -3.33. The number of hydrogen-bond donors (Lipinski definition) is 0. The van der Waals surface area contributed by atoms with Gasteiger partial charge in [0.05, 0.1) is 17.0 Å². The Labute approximate surface area is 223 Å². The van der Waals surface area contributed by atoms with Crippen molar-refractivity contribution >= 4 is 5.97 Å². The van der Waals surface area contributed by atoms with Crippen LogP contribution in [-0.4, -0.2) is 12.6 Å². The van der Waals surface area contributed by atoms with Crippen molar-refractivity contribution in [3.63, 3.8) is 0 Å². The van der Waals surface area contributed by atoms with Crippen molar-refractivity contribution in [3.8, 4) is 0 Å². The second-order valence-electron chi connectivity index (χ2n) is 9.77. The number of benzene rings is 3. The fourth-order valence-electron chi connectivity index (χ4n) is 4.22. The number of esters is 1. The number of hydrogen-bond acceptors (Lipinski definition) is 3. The number of carbonyl (C=O) groups excluding carboxylic acids is 1. The van der Waals surface area contributed by atoms with Gasteiger partial charge in [-0.05, 0) is 35.6 Å². The Bertz CT molecular complexity index is 1220. The topological polar surface area (TPSA) is 35.5 Å². The molecule has 3 rings (SSSR count).